The third-order valence-electron chi connectivity index (χ3n) is 4.44. The summed E-state index contributed by atoms with van der Waals surface area (Å²) in [7, 11) is 0. The maximum atomic E-state index is 12.4. The van der Waals surface area contributed by atoms with Crippen molar-refractivity contribution in [1.82, 2.24) is 0 Å². The second-order valence-corrected chi connectivity index (χ2v) is 6.66. The number of hydrogen-bond donors (Lipinski definition) is 2. The third-order valence-corrected chi connectivity index (χ3v) is 4.44. The Balaban J connectivity index is 1.72. The number of nitrogens with two attached hydrogens (primary N) is 1. The summed E-state index contributed by atoms with van der Waals surface area (Å²) in [6.07, 6.45) is 0. The molecular weight excluding hydrogens is 320 g/mol. The lowest BCUT2D eigenvalue weighted by Gasteiger charge is -2.17. The number of aryl methyl sites for hydroxylation is 2. The number of carbonyl (C=O) groups excluding carboxylic acids is 1. The van der Waals surface area contributed by atoms with E-state index in [1.54, 1.807) is 0 Å². The minimum absolute atomic E-state index is 0.00337. The van der Waals surface area contributed by atoms with E-state index in [0.29, 0.717) is 6.54 Å². The Bertz CT molecular complexity index is 857. The average molecular weight is 345 g/mol. The fourth-order valence-electron chi connectivity index (χ4n) is 3.06. The smallest absolute Gasteiger partial charge is 0.279 e. The lowest BCUT2D eigenvalue weighted by atomic mass is 9.98. The van der Waals surface area contributed by atoms with Crippen LogP contribution in [0.4, 0.5) is 5.69 Å². The van der Waals surface area contributed by atoms with Gasteiger partial charge in [0, 0.05) is 16.8 Å². The maximum Gasteiger partial charge on any atom is 0.279 e. The van der Waals surface area contributed by atoms with Crippen LogP contribution in [-0.2, 0) is 4.79 Å². The molecule has 3 rings (SSSR count). The van der Waals surface area contributed by atoms with Crippen molar-refractivity contribution in [2.45, 2.75) is 19.9 Å². The van der Waals surface area contributed by atoms with Crippen LogP contribution >= 0.6 is 0 Å². The summed E-state index contributed by atoms with van der Waals surface area (Å²) >= 11 is 0. The molecule has 0 aliphatic rings. The second-order valence-electron chi connectivity index (χ2n) is 6.66. The van der Waals surface area contributed by atoms with E-state index in [0.717, 1.165) is 11.3 Å². The van der Waals surface area contributed by atoms with Gasteiger partial charge in [0.05, 0.1) is 0 Å². The van der Waals surface area contributed by atoms with E-state index < -0.39 is 0 Å². The molecule has 3 aromatic carbocycles. The van der Waals surface area contributed by atoms with E-state index in [1.807, 2.05) is 49.4 Å². The Morgan fingerprint density at radius 3 is 2.23 bits per heavy atom. The van der Waals surface area contributed by atoms with Gasteiger partial charge in [-0.3, -0.25) is 4.79 Å². The first-order chi connectivity index (χ1) is 12.6. The summed E-state index contributed by atoms with van der Waals surface area (Å²) < 4.78 is 0. The summed E-state index contributed by atoms with van der Waals surface area (Å²) in [6.45, 7) is 4.46. The van der Waals surface area contributed by atoms with Gasteiger partial charge in [0.2, 0.25) is 0 Å². The van der Waals surface area contributed by atoms with Crippen molar-refractivity contribution in [1.29, 1.82) is 0 Å². The molecule has 3 aromatic rings. The predicted molar refractivity (Wildman–Crippen MR) is 106 cm³/mol. The van der Waals surface area contributed by atoms with Gasteiger partial charge in [-0.05, 0) is 31.5 Å². The van der Waals surface area contributed by atoms with Crippen LogP contribution in [0, 0.1) is 13.8 Å². The van der Waals surface area contributed by atoms with Crippen molar-refractivity contribution in [3.63, 3.8) is 0 Å². The summed E-state index contributed by atoms with van der Waals surface area (Å²) in [5, 5.41) is 5.07. The quantitative estimate of drug-likeness (QED) is 0.704. The topological polar surface area (TPSA) is 45.7 Å². The highest BCUT2D eigenvalue weighted by atomic mass is 16.1. The van der Waals surface area contributed by atoms with Crippen molar-refractivity contribution < 1.29 is 10.1 Å². The van der Waals surface area contributed by atoms with Crippen LogP contribution in [0.15, 0.2) is 78.9 Å². The minimum Gasteiger partial charge on any atom is -0.328 e. The standard InChI is InChI=1S/C23H24N2O/c1-17-11-13-20(14-12-17)23(19-8-4-3-5-9-19)24-16-22(26)25-21-10-6-7-18(2)15-21/h3-15,23-24H,16H2,1-2H3,(H,25,26)/p+1/t23-/m1/s1. The van der Waals surface area contributed by atoms with Crippen LogP contribution in [0.1, 0.15) is 28.3 Å². The summed E-state index contributed by atoms with van der Waals surface area (Å²) in [5.74, 6) is 0.00337. The van der Waals surface area contributed by atoms with Crippen molar-refractivity contribution in [2.24, 2.45) is 0 Å². The van der Waals surface area contributed by atoms with Crippen molar-refractivity contribution in [2.75, 3.05) is 11.9 Å². The van der Waals surface area contributed by atoms with Crippen molar-refractivity contribution in [3.8, 4) is 0 Å². The molecule has 0 aliphatic heterocycles. The Morgan fingerprint density at radius 1 is 0.846 bits per heavy atom. The van der Waals surface area contributed by atoms with E-state index in [1.165, 1.54) is 16.7 Å². The second kappa shape index (κ2) is 8.45. The first-order valence-electron chi connectivity index (χ1n) is 8.93. The molecule has 1 atom stereocenters. The molecule has 0 unspecified atom stereocenters. The SMILES string of the molecule is Cc1ccc([C@H]([NH2+]CC(=O)Nc2cccc(C)c2)c2ccccc2)cc1. The zero-order valence-electron chi connectivity index (χ0n) is 15.3. The third kappa shape index (κ3) is 4.80. The van der Waals surface area contributed by atoms with Gasteiger partial charge in [0.25, 0.3) is 5.91 Å². The number of nitrogens with one attached hydrogen (secondary N) is 1. The number of rotatable bonds is 6. The molecule has 0 spiro atoms. The van der Waals surface area contributed by atoms with E-state index in [-0.39, 0.29) is 11.9 Å². The van der Waals surface area contributed by atoms with Gasteiger partial charge >= 0.3 is 0 Å². The molecule has 0 heterocycles. The molecule has 0 aliphatic carbocycles. The average Bonchev–Trinajstić information content (AvgIpc) is 2.64. The lowest BCUT2D eigenvalue weighted by molar-refractivity contribution is -0.676. The normalized spacial score (nSPS) is 11.8. The predicted octanol–water partition coefficient (Wildman–Crippen LogP) is 3.59. The Labute approximate surface area is 155 Å². The summed E-state index contributed by atoms with van der Waals surface area (Å²) in [4.78, 5) is 12.4. The van der Waals surface area contributed by atoms with Crippen LogP contribution in [0.25, 0.3) is 0 Å². The monoisotopic (exact) mass is 345 g/mol. The first-order valence-corrected chi connectivity index (χ1v) is 8.93. The molecule has 3 N–H and O–H groups in total. The van der Waals surface area contributed by atoms with E-state index in [2.05, 4.69) is 54.0 Å². The highest BCUT2D eigenvalue weighted by molar-refractivity contribution is 5.91. The Kier molecular flexibility index (Phi) is 5.82. The molecule has 132 valence electrons. The molecule has 0 fully saturated rings. The number of benzene rings is 3. The fraction of sp³-hybridized carbons (Fsp3) is 0.174. The number of hydrogen-bond acceptors (Lipinski definition) is 1. The van der Waals surface area contributed by atoms with Gasteiger partial charge in [-0.1, -0.05) is 72.3 Å². The van der Waals surface area contributed by atoms with Crippen LogP contribution in [0.2, 0.25) is 0 Å². The minimum atomic E-state index is 0.00337. The van der Waals surface area contributed by atoms with Crippen LogP contribution in [-0.4, -0.2) is 12.5 Å². The Hall–Kier alpha value is -2.91. The first kappa shape index (κ1) is 17.9. The fourth-order valence-corrected chi connectivity index (χ4v) is 3.06. The van der Waals surface area contributed by atoms with E-state index >= 15 is 0 Å². The molecule has 0 aromatic heterocycles. The summed E-state index contributed by atoms with van der Waals surface area (Å²) in [5.41, 5.74) is 5.60. The highest BCUT2D eigenvalue weighted by Gasteiger charge is 2.18. The zero-order valence-corrected chi connectivity index (χ0v) is 15.3. The molecular formula is C23H25N2O+. The van der Waals surface area contributed by atoms with Gasteiger partial charge in [0.15, 0.2) is 6.54 Å². The van der Waals surface area contributed by atoms with E-state index in [4.69, 9.17) is 0 Å². The Morgan fingerprint density at radius 2 is 1.54 bits per heavy atom. The van der Waals surface area contributed by atoms with Gasteiger partial charge < -0.3 is 10.6 Å². The molecule has 26 heavy (non-hydrogen) atoms. The van der Waals surface area contributed by atoms with Crippen LogP contribution < -0.4 is 10.6 Å². The number of anilines is 1. The van der Waals surface area contributed by atoms with Gasteiger partial charge in [0.1, 0.15) is 6.04 Å². The van der Waals surface area contributed by atoms with Crippen molar-refractivity contribution >= 4 is 11.6 Å². The van der Waals surface area contributed by atoms with Gasteiger partial charge in [-0.25, -0.2) is 0 Å². The van der Waals surface area contributed by atoms with E-state index in [9.17, 15) is 4.79 Å². The number of quaternary nitrogens is 1. The molecule has 3 nitrogen and oxygen atoms in total. The van der Waals surface area contributed by atoms with Gasteiger partial charge in [-0.2, -0.15) is 0 Å². The number of amides is 1. The lowest BCUT2D eigenvalue weighted by Crippen LogP contribution is -2.87. The maximum absolute atomic E-state index is 12.4. The van der Waals surface area contributed by atoms with Gasteiger partial charge in [-0.15, -0.1) is 0 Å². The molecule has 3 heteroatoms. The molecule has 0 radical (unpaired) electrons. The molecule has 0 saturated carbocycles. The highest BCUT2D eigenvalue weighted by Crippen LogP contribution is 2.18. The van der Waals surface area contributed by atoms with Crippen LogP contribution in [0.3, 0.4) is 0 Å². The van der Waals surface area contributed by atoms with Crippen molar-refractivity contribution in [3.05, 3.63) is 101 Å². The molecule has 0 saturated heterocycles. The largest absolute Gasteiger partial charge is 0.328 e. The molecule has 0 bridgehead atoms. The van der Waals surface area contributed by atoms with Crippen LogP contribution in [0.5, 0.6) is 0 Å². The summed E-state index contributed by atoms with van der Waals surface area (Å²) in [6, 6.07) is 26.8. The molecule has 1 amide bonds. The number of carbonyl (C=O) groups is 1. The zero-order chi connectivity index (χ0) is 18.4.